The highest BCUT2D eigenvalue weighted by Crippen LogP contribution is 2.28. The van der Waals surface area contributed by atoms with Gasteiger partial charge in [-0.15, -0.1) is 0 Å². The smallest absolute Gasteiger partial charge is 0.0815 e. The Balaban J connectivity index is 1.63. The fourth-order valence-corrected chi connectivity index (χ4v) is 3.37. The SMILES string of the molecule is Cc1c(Br)cccc1NCc1ccn(C2CCCCC2)n1. The number of nitrogens with one attached hydrogen (secondary N) is 1. The van der Waals surface area contributed by atoms with Gasteiger partial charge >= 0.3 is 0 Å². The van der Waals surface area contributed by atoms with Crippen LogP contribution in [0.5, 0.6) is 0 Å². The number of benzene rings is 1. The Morgan fingerprint density at radius 3 is 2.86 bits per heavy atom. The van der Waals surface area contributed by atoms with E-state index in [4.69, 9.17) is 5.10 Å². The third kappa shape index (κ3) is 3.49. The van der Waals surface area contributed by atoms with Crippen molar-refractivity contribution in [3.05, 3.63) is 46.2 Å². The summed E-state index contributed by atoms with van der Waals surface area (Å²) in [5.41, 5.74) is 3.51. The minimum atomic E-state index is 0.611. The van der Waals surface area contributed by atoms with Gasteiger partial charge in [-0.1, -0.05) is 41.3 Å². The highest BCUT2D eigenvalue weighted by molar-refractivity contribution is 9.10. The van der Waals surface area contributed by atoms with Crippen LogP contribution in [0.4, 0.5) is 5.69 Å². The average Bonchev–Trinajstić information content (AvgIpc) is 2.99. The fraction of sp³-hybridized carbons (Fsp3) is 0.471. The highest BCUT2D eigenvalue weighted by atomic mass is 79.9. The number of nitrogens with zero attached hydrogens (tertiary/aromatic N) is 2. The molecular formula is C17H22BrN3. The van der Waals surface area contributed by atoms with Gasteiger partial charge in [0.05, 0.1) is 18.3 Å². The standard InChI is InChI=1S/C17H22BrN3/c1-13-16(18)8-5-9-17(13)19-12-14-10-11-21(20-14)15-6-3-2-4-7-15/h5,8-11,15,19H,2-4,6-7,12H2,1H3. The zero-order valence-electron chi connectivity index (χ0n) is 12.5. The lowest BCUT2D eigenvalue weighted by Gasteiger charge is -2.21. The summed E-state index contributed by atoms with van der Waals surface area (Å²) in [6.07, 6.45) is 8.76. The number of aromatic nitrogens is 2. The average molecular weight is 348 g/mol. The second kappa shape index (κ2) is 6.65. The molecule has 0 atom stereocenters. The maximum atomic E-state index is 4.74. The summed E-state index contributed by atoms with van der Waals surface area (Å²) < 4.78 is 3.31. The van der Waals surface area contributed by atoms with Crippen molar-refractivity contribution >= 4 is 21.6 Å². The molecular weight excluding hydrogens is 326 g/mol. The zero-order chi connectivity index (χ0) is 14.7. The molecule has 4 heteroatoms. The third-order valence-electron chi connectivity index (χ3n) is 4.34. The number of hydrogen-bond donors (Lipinski definition) is 1. The molecule has 0 aliphatic heterocycles. The normalized spacial score (nSPS) is 16.1. The molecule has 1 N–H and O–H groups in total. The van der Waals surface area contributed by atoms with Crippen molar-refractivity contribution in [2.75, 3.05) is 5.32 Å². The van der Waals surface area contributed by atoms with E-state index in [0.717, 1.165) is 22.4 Å². The molecule has 1 saturated carbocycles. The molecule has 3 nitrogen and oxygen atoms in total. The minimum Gasteiger partial charge on any atom is -0.379 e. The number of anilines is 1. The summed E-state index contributed by atoms with van der Waals surface area (Å²) in [5.74, 6) is 0. The Morgan fingerprint density at radius 1 is 1.24 bits per heavy atom. The van der Waals surface area contributed by atoms with Gasteiger partial charge in [-0.05, 0) is 43.5 Å². The molecule has 3 rings (SSSR count). The van der Waals surface area contributed by atoms with E-state index < -0.39 is 0 Å². The van der Waals surface area contributed by atoms with Gasteiger partial charge < -0.3 is 5.32 Å². The van der Waals surface area contributed by atoms with Crippen LogP contribution in [-0.4, -0.2) is 9.78 Å². The van der Waals surface area contributed by atoms with E-state index >= 15 is 0 Å². The summed E-state index contributed by atoms with van der Waals surface area (Å²) >= 11 is 3.57. The van der Waals surface area contributed by atoms with Crippen LogP contribution in [0.1, 0.15) is 49.4 Å². The van der Waals surface area contributed by atoms with Crippen molar-refractivity contribution in [3.63, 3.8) is 0 Å². The van der Waals surface area contributed by atoms with Gasteiger partial charge in [0.25, 0.3) is 0 Å². The summed E-state index contributed by atoms with van der Waals surface area (Å²) in [4.78, 5) is 0. The first-order valence-corrected chi connectivity index (χ1v) is 8.56. The zero-order valence-corrected chi connectivity index (χ0v) is 14.1. The molecule has 1 aliphatic rings. The van der Waals surface area contributed by atoms with Crippen LogP contribution in [0.15, 0.2) is 34.9 Å². The summed E-state index contributed by atoms with van der Waals surface area (Å²) in [6.45, 7) is 2.89. The van der Waals surface area contributed by atoms with Crippen molar-refractivity contribution in [2.24, 2.45) is 0 Å². The first-order chi connectivity index (χ1) is 10.2. The monoisotopic (exact) mass is 347 g/mol. The van der Waals surface area contributed by atoms with E-state index in [9.17, 15) is 0 Å². The number of halogens is 1. The Hall–Kier alpha value is -1.29. The van der Waals surface area contributed by atoms with Crippen LogP contribution in [0.2, 0.25) is 0 Å². The number of hydrogen-bond acceptors (Lipinski definition) is 2. The van der Waals surface area contributed by atoms with Gasteiger partial charge in [0.2, 0.25) is 0 Å². The Bertz CT molecular complexity index is 600. The van der Waals surface area contributed by atoms with E-state index in [1.807, 2.05) is 0 Å². The summed E-state index contributed by atoms with van der Waals surface area (Å²) in [7, 11) is 0. The van der Waals surface area contributed by atoms with Gasteiger partial charge in [-0.2, -0.15) is 5.10 Å². The van der Waals surface area contributed by atoms with Gasteiger partial charge in [-0.25, -0.2) is 0 Å². The minimum absolute atomic E-state index is 0.611. The Morgan fingerprint density at radius 2 is 2.05 bits per heavy atom. The van der Waals surface area contributed by atoms with Gasteiger partial charge in [0, 0.05) is 16.4 Å². The van der Waals surface area contributed by atoms with E-state index in [1.54, 1.807) is 0 Å². The van der Waals surface area contributed by atoms with Gasteiger partial charge in [-0.3, -0.25) is 4.68 Å². The van der Waals surface area contributed by atoms with Gasteiger partial charge in [0.1, 0.15) is 0 Å². The van der Waals surface area contributed by atoms with Crippen LogP contribution in [0.3, 0.4) is 0 Å². The molecule has 1 aliphatic carbocycles. The molecule has 1 aromatic heterocycles. The topological polar surface area (TPSA) is 29.9 Å². The molecule has 0 amide bonds. The molecule has 0 saturated heterocycles. The molecule has 21 heavy (non-hydrogen) atoms. The van der Waals surface area contributed by atoms with E-state index in [0.29, 0.717) is 6.04 Å². The van der Waals surface area contributed by atoms with Crippen LogP contribution >= 0.6 is 15.9 Å². The van der Waals surface area contributed by atoms with Crippen LogP contribution in [-0.2, 0) is 6.54 Å². The fourth-order valence-electron chi connectivity index (χ4n) is 3.01. The van der Waals surface area contributed by atoms with Gasteiger partial charge in [0.15, 0.2) is 0 Å². The quantitative estimate of drug-likeness (QED) is 0.836. The van der Waals surface area contributed by atoms with E-state index in [-0.39, 0.29) is 0 Å². The lowest BCUT2D eigenvalue weighted by Crippen LogP contribution is -2.13. The highest BCUT2D eigenvalue weighted by Gasteiger charge is 2.15. The second-order valence-corrected chi connectivity index (χ2v) is 6.70. The van der Waals surface area contributed by atoms with E-state index in [1.165, 1.54) is 37.7 Å². The molecule has 0 bridgehead atoms. The molecule has 1 heterocycles. The summed E-state index contributed by atoms with van der Waals surface area (Å²) in [5, 5.41) is 8.22. The van der Waals surface area contributed by atoms with Crippen LogP contribution < -0.4 is 5.32 Å². The Labute approximate surface area is 134 Å². The summed E-state index contributed by atoms with van der Waals surface area (Å²) in [6, 6.07) is 8.98. The third-order valence-corrected chi connectivity index (χ3v) is 5.20. The molecule has 1 fully saturated rings. The predicted molar refractivity (Wildman–Crippen MR) is 90.6 cm³/mol. The molecule has 1 aromatic carbocycles. The van der Waals surface area contributed by atoms with Crippen molar-refractivity contribution < 1.29 is 0 Å². The predicted octanol–water partition coefficient (Wildman–Crippen LogP) is 5.07. The first-order valence-electron chi connectivity index (χ1n) is 7.77. The van der Waals surface area contributed by atoms with Crippen molar-refractivity contribution in [1.29, 1.82) is 0 Å². The lowest BCUT2D eigenvalue weighted by molar-refractivity contribution is 0.328. The largest absolute Gasteiger partial charge is 0.379 e. The lowest BCUT2D eigenvalue weighted by atomic mass is 9.96. The maximum Gasteiger partial charge on any atom is 0.0815 e. The molecule has 2 aromatic rings. The van der Waals surface area contributed by atoms with Crippen LogP contribution in [0.25, 0.3) is 0 Å². The number of rotatable bonds is 4. The van der Waals surface area contributed by atoms with Crippen LogP contribution in [0, 0.1) is 6.92 Å². The second-order valence-electron chi connectivity index (χ2n) is 5.84. The molecule has 112 valence electrons. The van der Waals surface area contributed by atoms with E-state index in [2.05, 4.69) is 63.3 Å². The Kier molecular flexibility index (Phi) is 4.63. The van der Waals surface area contributed by atoms with Crippen molar-refractivity contribution in [1.82, 2.24) is 9.78 Å². The molecule has 0 spiro atoms. The molecule has 0 unspecified atom stereocenters. The maximum absolute atomic E-state index is 4.74. The van der Waals surface area contributed by atoms with Crippen molar-refractivity contribution in [2.45, 2.75) is 51.6 Å². The first kappa shape index (κ1) is 14.6. The van der Waals surface area contributed by atoms with Crippen molar-refractivity contribution in [3.8, 4) is 0 Å². The molecule has 0 radical (unpaired) electrons.